The maximum absolute atomic E-state index is 13.4. The van der Waals surface area contributed by atoms with E-state index in [0.29, 0.717) is 18.6 Å². The van der Waals surface area contributed by atoms with Crippen molar-refractivity contribution < 1.29 is 9.18 Å². The number of likely N-dealkylation sites (tertiary alicyclic amines) is 1. The molecule has 28 heavy (non-hydrogen) atoms. The summed E-state index contributed by atoms with van der Waals surface area (Å²) in [7, 11) is 0. The highest BCUT2D eigenvalue weighted by molar-refractivity contribution is 7.21. The Morgan fingerprint density at radius 2 is 2.18 bits per heavy atom. The number of urea groups is 1. The number of aromatic nitrogens is 1. The number of aryl methyl sites for hydroxylation is 1. The average molecular weight is 399 g/mol. The molecule has 1 aromatic heterocycles. The summed E-state index contributed by atoms with van der Waals surface area (Å²) in [4.78, 5) is 19.0. The highest BCUT2D eigenvalue weighted by Crippen LogP contribution is 2.33. The zero-order valence-corrected chi connectivity index (χ0v) is 16.8. The van der Waals surface area contributed by atoms with E-state index in [4.69, 9.17) is 5.73 Å². The van der Waals surface area contributed by atoms with Gasteiger partial charge in [-0.15, -0.1) is 11.3 Å². The summed E-state index contributed by atoms with van der Waals surface area (Å²) in [6.45, 7) is 6.05. The van der Waals surface area contributed by atoms with Gasteiger partial charge >= 0.3 is 6.03 Å². The van der Waals surface area contributed by atoms with Crippen molar-refractivity contribution in [3.63, 3.8) is 0 Å². The smallest absolute Gasteiger partial charge is 0.321 e. The maximum Gasteiger partial charge on any atom is 0.321 e. The molecule has 0 saturated carbocycles. The molecule has 0 bridgehead atoms. The molecule has 1 unspecified atom stereocenters. The third-order valence-corrected chi connectivity index (χ3v) is 6.49. The number of carbonyl (C=O) groups excluding carboxylic acids is 1. The first-order chi connectivity index (χ1) is 13.4. The van der Waals surface area contributed by atoms with Crippen LogP contribution in [-0.4, -0.2) is 35.5 Å². The molecule has 1 aliphatic heterocycles. The Kier molecular flexibility index (Phi) is 4.81. The Hall–Kier alpha value is -2.51. The number of carbonyl (C=O) groups is 1. The van der Waals surface area contributed by atoms with E-state index in [-0.39, 0.29) is 17.3 Å². The first-order valence-corrected chi connectivity index (χ1v) is 10.1. The Morgan fingerprint density at radius 1 is 1.36 bits per heavy atom. The van der Waals surface area contributed by atoms with Gasteiger partial charge in [0.2, 0.25) is 0 Å². The third-order valence-electron chi connectivity index (χ3n) is 5.40. The summed E-state index contributed by atoms with van der Waals surface area (Å²) in [6.07, 6.45) is 0.924. The molecule has 2 amide bonds. The quantitative estimate of drug-likeness (QED) is 0.677. The molecule has 146 valence electrons. The molecule has 3 aromatic rings. The third kappa shape index (κ3) is 3.59. The number of benzene rings is 2. The van der Waals surface area contributed by atoms with Crippen molar-refractivity contribution in [2.75, 3.05) is 25.0 Å². The van der Waals surface area contributed by atoms with E-state index in [0.717, 1.165) is 39.5 Å². The highest BCUT2D eigenvalue weighted by Gasteiger charge is 2.34. The van der Waals surface area contributed by atoms with Gasteiger partial charge in [0.1, 0.15) is 10.8 Å². The molecular formula is C21H23FN4OS. The van der Waals surface area contributed by atoms with Gasteiger partial charge in [-0.25, -0.2) is 14.2 Å². The second-order valence-electron chi connectivity index (χ2n) is 7.78. The van der Waals surface area contributed by atoms with Crippen LogP contribution in [0.15, 0.2) is 36.4 Å². The SMILES string of the molecule is Cc1cc(-c2nc3cc(F)ccc3s2)ccc1NC(=O)N1CCC(C)(CN)C1. The first-order valence-electron chi connectivity index (χ1n) is 9.30. The minimum atomic E-state index is -0.286. The summed E-state index contributed by atoms with van der Waals surface area (Å²) >= 11 is 1.52. The predicted octanol–water partition coefficient (Wildman–Crippen LogP) is 4.61. The van der Waals surface area contributed by atoms with Gasteiger partial charge in [0.15, 0.2) is 0 Å². The Balaban J connectivity index is 1.52. The number of nitrogens with two attached hydrogens (primary N) is 1. The lowest BCUT2D eigenvalue weighted by atomic mass is 9.90. The molecule has 1 saturated heterocycles. The lowest BCUT2D eigenvalue weighted by Gasteiger charge is -2.23. The molecule has 1 aliphatic rings. The van der Waals surface area contributed by atoms with Crippen LogP contribution < -0.4 is 11.1 Å². The second kappa shape index (κ2) is 7.14. The van der Waals surface area contributed by atoms with Crippen LogP contribution in [-0.2, 0) is 0 Å². The lowest BCUT2D eigenvalue weighted by molar-refractivity contribution is 0.216. The minimum Gasteiger partial charge on any atom is -0.330 e. The summed E-state index contributed by atoms with van der Waals surface area (Å²) < 4.78 is 14.3. The lowest BCUT2D eigenvalue weighted by Crippen LogP contribution is -2.37. The van der Waals surface area contributed by atoms with Gasteiger partial charge in [-0.05, 0) is 61.2 Å². The number of halogens is 1. The Bertz CT molecular complexity index is 1050. The minimum absolute atomic E-state index is 0.00254. The van der Waals surface area contributed by atoms with Crippen LogP contribution >= 0.6 is 11.3 Å². The number of anilines is 1. The van der Waals surface area contributed by atoms with Crippen molar-refractivity contribution in [2.45, 2.75) is 20.3 Å². The number of nitrogens with zero attached hydrogens (tertiary/aromatic N) is 2. The predicted molar refractivity (Wildman–Crippen MR) is 112 cm³/mol. The van der Waals surface area contributed by atoms with Crippen molar-refractivity contribution in [2.24, 2.45) is 11.1 Å². The van der Waals surface area contributed by atoms with Gasteiger partial charge in [-0.3, -0.25) is 0 Å². The van der Waals surface area contributed by atoms with Crippen molar-refractivity contribution in [3.8, 4) is 10.6 Å². The standard InChI is InChI=1S/C21H23FN4OS/c1-13-9-14(19-24-17-10-15(22)4-6-18(17)28-19)3-5-16(13)25-20(27)26-8-7-21(2,11-23)12-26/h3-6,9-10H,7-8,11-12,23H2,1-2H3,(H,25,27). The van der Waals surface area contributed by atoms with E-state index in [1.807, 2.05) is 30.0 Å². The molecule has 3 N–H and O–H groups in total. The van der Waals surface area contributed by atoms with Crippen LogP contribution in [0.25, 0.3) is 20.8 Å². The molecule has 1 fully saturated rings. The summed E-state index contributed by atoms with van der Waals surface area (Å²) in [6, 6.07) is 10.4. The number of amides is 2. The van der Waals surface area contributed by atoms with E-state index >= 15 is 0 Å². The van der Waals surface area contributed by atoms with Crippen LogP contribution in [0.3, 0.4) is 0 Å². The number of thiazole rings is 1. The van der Waals surface area contributed by atoms with Crippen LogP contribution in [0.2, 0.25) is 0 Å². The number of hydrogen-bond donors (Lipinski definition) is 2. The molecule has 5 nitrogen and oxygen atoms in total. The monoisotopic (exact) mass is 398 g/mol. The van der Waals surface area contributed by atoms with Gasteiger partial charge in [0.05, 0.1) is 10.2 Å². The van der Waals surface area contributed by atoms with Crippen molar-refractivity contribution >= 4 is 33.3 Å². The Labute approximate surface area is 167 Å². The highest BCUT2D eigenvalue weighted by atomic mass is 32.1. The summed E-state index contributed by atoms with van der Waals surface area (Å²) in [5.41, 5.74) is 9.18. The van der Waals surface area contributed by atoms with E-state index in [1.165, 1.54) is 23.5 Å². The van der Waals surface area contributed by atoms with Crippen LogP contribution in [0.1, 0.15) is 18.9 Å². The normalized spacial score (nSPS) is 19.4. The van der Waals surface area contributed by atoms with Crippen molar-refractivity contribution in [3.05, 3.63) is 47.8 Å². The van der Waals surface area contributed by atoms with Gasteiger partial charge in [0.25, 0.3) is 0 Å². The molecule has 2 heterocycles. The largest absolute Gasteiger partial charge is 0.330 e. The first kappa shape index (κ1) is 18.8. The van der Waals surface area contributed by atoms with Crippen LogP contribution in [0.4, 0.5) is 14.9 Å². The van der Waals surface area contributed by atoms with Gasteiger partial charge in [0, 0.05) is 30.4 Å². The molecule has 4 rings (SSSR count). The zero-order valence-electron chi connectivity index (χ0n) is 16.0. The molecule has 0 aliphatic carbocycles. The van der Waals surface area contributed by atoms with E-state index in [1.54, 1.807) is 6.07 Å². The molecule has 0 radical (unpaired) electrons. The molecular weight excluding hydrogens is 375 g/mol. The Morgan fingerprint density at radius 3 is 2.89 bits per heavy atom. The zero-order chi connectivity index (χ0) is 19.9. The van der Waals surface area contributed by atoms with Crippen LogP contribution in [0.5, 0.6) is 0 Å². The number of fused-ring (bicyclic) bond motifs is 1. The molecule has 0 spiro atoms. The average Bonchev–Trinajstić information content (AvgIpc) is 3.27. The number of nitrogens with one attached hydrogen (secondary N) is 1. The molecule has 2 aromatic carbocycles. The number of hydrogen-bond acceptors (Lipinski definition) is 4. The number of rotatable bonds is 3. The fourth-order valence-corrected chi connectivity index (χ4v) is 4.46. The summed E-state index contributed by atoms with van der Waals surface area (Å²) in [5, 5.41) is 3.84. The van der Waals surface area contributed by atoms with E-state index < -0.39 is 0 Å². The van der Waals surface area contributed by atoms with Gasteiger partial charge in [-0.2, -0.15) is 0 Å². The van der Waals surface area contributed by atoms with E-state index in [2.05, 4.69) is 17.2 Å². The van der Waals surface area contributed by atoms with Gasteiger partial charge in [-0.1, -0.05) is 6.92 Å². The topological polar surface area (TPSA) is 71.2 Å². The van der Waals surface area contributed by atoms with Crippen molar-refractivity contribution in [1.82, 2.24) is 9.88 Å². The summed E-state index contributed by atoms with van der Waals surface area (Å²) in [5.74, 6) is -0.286. The second-order valence-corrected chi connectivity index (χ2v) is 8.81. The molecule has 1 atom stereocenters. The van der Waals surface area contributed by atoms with E-state index in [9.17, 15) is 9.18 Å². The van der Waals surface area contributed by atoms with Crippen molar-refractivity contribution in [1.29, 1.82) is 0 Å². The fraction of sp³-hybridized carbons (Fsp3) is 0.333. The molecule has 7 heteroatoms. The van der Waals surface area contributed by atoms with Gasteiger partial charge < -0.3 is 16.0 Å². The van der Waals surface area contributed by atoms with Crippen LogP contribution in [0, 0.1) is 18.2 Å². The fourth-order valence-electron chi connectivity index (χ4n) is 3.52. The maximum atomic E-state index is 13.4.